The zero-order valence-electron chi connectivity index (χ0n) is 10.4. The van der Waals surface area contributed by atoms with Gasteiger partial charge in [0.15, 0.2) is 0 Å². The number of nitrogens with one attached hydrogen (secondary N) is 1. The van der Waals surface area contributed by atoms with Gasteiger partial charge in [0.1, 0.15) is 11.6 Å². The van der Waals surface area contributed by atoms with Crippen molar-refractivity contribution in [2.75, 3.05) is 12.4 Å². The molecule has 1 amide bonds. The molecule has 20 heavy (non-hydrogen) atoms. The molecule has 0 saturated heterocycles. The Morgan fingerprint density at radius 2 is 2.05 bits per heavy atom. The van der Waals surface area contributed by atoms with Crippen LogP contribution < -0.4 is 10.1 Å². The van der Waals surface area contributed by atoms with Gasteiger partial charge in [-0.25, -0.2) is 4.39 Å². The van der Waals surface area contributed by atoms with Gasteiger partial charge in [-0.05, 0) is 59.0 Å². The van der Waals surface area contributed by atoms with E-state index in [-0.39, 0.29) is 11.7 Å². The van der Waals surface area contributed by atoms with Crippen LogP contribution in [0.4, 0.5) is 10.1 Å². The van der Waals surface area contributed by atoms with Gasteiger partial charge in [0.2, 0.25) is 0 Å². The number of carbonyl (C=O) groups excluding carboxylic acids is 1. The minimum atomic E-state index is -0.339. The maximum atomic E-state index is 13.0. The zero-order chi connectivity index (χ0) is 14.7. The molecule has 0 fully saturated rings. The van der Waals surface area contributed by atoms with E-state index < -0.39 is 0 Å². The second-order valence-corrected chi connectivity index (χ2v) is 6.00. The lowest BCUT2D eigenvalue weighted by Crippen LogP contribution is -2.14. The number of halogens is 3. The normalized spacial score (nSPS) is 10.2. The maximum absolute atomic E-state index is 13.0. The lowest BCUT2D eigenvalue weighted by molar-refractivity contribution is 0.102. The number of hydrogen-bond donors (Lipinski definition) is 1. The molecule has 2 aromatic carbocycles. The molecular weight excluding hydrogens is 440 g/mol. The smallest absolute Gasteiger partial charge is 0.259 e. The van der Waals surface area contributed by atoms with E-state index in [2.05, 4.69) is 21.2 Å². The third-order valence-electron chi connectivity index (χ3n) is 2.59. The van der Waals surface area contributed by atoms with E-state index in [1.807, 2.05) is 22.6 Å². The summed E-state index contributed by atoms with van der Waals surface area (Å²) in [6.07, 6.45) is 0. The van der Waals surface area contributed by atoms with Gasteiger partial charge in [0, 0.05) is 8.04 Å². The molecule has 0 aliphatic carbocycles. The fourth-order valence-electron chi connectivity index (χ4n) is 1.63. The van der Waals surface area contributed by atoms with Crippen LogP contribution in [0.15, 0.2) is 40.9 Å². The van der Waals surface area contributed by atoms with Crippen molar-refractivity contribution in [1.82, 2.24) is 0 Å². The van der Waals surface area contributed by atoms with Crippen LogP contribution in [0, 0.1) is 9.39 Å². The van der Waals surface area contributed by atoms with E-state index in [0.717, 1.165) is 4.47 Å². The third-order valence-corrected chi connectivity index (χ3v) is 3.97. The lowest BCUT2D eigenvalue weighted by atomic mass is 10.2. The van der Waals surface area contributed by atoms with Crippen molar-refractivity contribution in [2.24, 2.45) is 0 Å². The Kier molecular flexibility index (Phi) is 4.98. The SMILES string of the molecule is COc1cc(Br)ccc1C(=O)Nc1ccc(F)cc1I. The van der Waals surface area contributed by atoms with Crippen LogP contribution in [0.2, 0.25) is 0 Å². The molecule has 0 heterocycles. The topological polar surface area (TPSA) is 38.3 Å². The molecule has 0 bridgehead atoms. The molecule has 0 atom stereocenters. The van der Waals surface area contributed by atoms with E-state index in [0.29, 0.717) is 20.6 Å². The number of rotatable bonds is 3. The number of carbonyl (C=O) groups is 1. The van der Waals surface area contributed by atoms with Gasteiger partial charge >= 0.3 is 0 Å². The highest BCUT2D eigenvalue weighted by Gasteiger charge is 2.14. The second-order valence-electron chi connectivity index (χ2n) is 3.92. The van der Waals surface area contributed by atoms with Gasteiger partial charge in [0.05, 0.1) is 18.4 Å². The number of hydrogen-bond acceptors (Lipinski definition) is 2. The molecular formula is C14H10BrFINO2. The predicted molar refractivity (Wildman–Crippen MR) is 87.8 cm³/mol. The lowest BCUT2D eigenvalue weighted by Gasteiger charge is -2.11. The molecule has 104 valence electrons. The molecule has 0 aliphatic heterocycles. The van der Waals surface area contributed by atoms with Crippen LogP contribution in [-0.2, 0) is 0 Å². The van der Waals surface area contributed by atoms with Crippen LogP contribution in [-0.4, -0.2) is 13.0 Å². The highest BCUT2D eigenvalue weighted by molar-refractivity contribution is 14.1. The Labute approximate surface area is 137 Å². The quantitative estimate of drug-likeness (QED) is 0.703. The Morgan fingerprint density at radius 3 is 2.70 bits per heavy atom. The maximum Gasteiger partial charge on any atom is 0.259 e. The van der Waals surface area contributed by atoms with Crippen LogP contribution in [0.1, 0.15) is 10.4 Å². The predicted octanol–water partition coefficient (Wildman–Crippen LogP) is 4.45. The Bertz CT molecular complexity index is 664. The number of benzene rings is 2. The first kappa shape index (κ1) is 15.2. The molecule has 0 aromatic heterocycles. The molecule has 3 nitrogen and oxygen atoms in total. The summed E-state index contributed by atoms with van der Waals surface area (Å²) in [4.78, 5) is 12.2. The van der Waals surface area contributed by atoms with E-state index in [4.69, 9.17) is 4.74 Å². The first-order chi connectivity index (χ1) is 9.51. The summed E-state index contributed by atoms with van der Waals surface area (Å²) in [7, 11) is 1.50. The second kappa shape index (κ2) is 6.53. The summed E-state index contributed by atoms with van der Waals surface area (Å²) in [5, 5.41) is 2.74. The summed E-state index contributed by atoms with van der Waals surface area (Å²) in [6.45, 7) is 0. The van der Waals surface area contributed by atoms with E-state index >= 15 is 0 Å². The first-order valence-electron chi connectivity index (χ1n) is 5.61. The Hall–Kier alpha value is -1.15. The van der Waals surface area contributed by atoms with Crippen LogP contribution in [0.25, 0.3) is 0 Å². The minimum absolute atomic E-state index is 0.307. The first-order valence-corrected chi connectivity index (χ1v) is 7.48. The molecule has 2 aromatic rings. The van der Waals surface area contributed by atoms with Crippen molar-refractivity contribution in [3.8, 4) is 5.75 Å². The number of amides is 1. The number of ether oxygens (including phenoxy) is 1. The van der Waals surface area contributed by atoms with Crippen LogP contribution in [0.5, 0.6) is 5.75 Å². The van der Waals surface area contributed by atoms with Gasteiger partial charge in [-0.3, -0.25) is 4.79 Å². The van der Waals surface area contributed by atoms with Crippen molar-refractivity contribution in [2.45, 2.75) is 0 Å². The van der Waals surface area contributed by atoms with Crippen molar-refractivity contribution < 1.29 is 13.9 Å². The van der Waals surface area contributed by atoms with Crippen molar-refractivity contribution in [3.05, 3.63) is 55.8 Å². The van der Waals surface area contributed by atoms with Crippen LogP contribution in [0.3, 0.4) is 0 Å². The molecule has 0 aliphatic rings. The van der Waals surface area contributed by atoms with Gasteiger partial charge < -0.3 is 10.1 Å². The van der Waals surface area contributed by atoms with Gasteiger partial charge in [-0.2, -0.15) is 0 Å². The van der Waals surface area contributed by atoms with E-state index in [9.17, 15) is 9.18 Å². The Balaban J connectivity index is 2.28. The highest BCUT2D eigenvalue weighted by atomic mass is 127. The molecule has 0 spiro atoms. The van der Waals surface area contributed by atoms with Crippen molar-refractivity contribution in [3.63, 3.8) is 0 Å². The molecule has 2 rings (SSSR count). The average molecular weight is 450 g/mol. The minimum Gasteiger partial charge on any atom is -0.496 e. The number of anilines is 1. The molecule has 0 saturated carbocycles. The van der Waals surface area contributed by atoms with Gasteiger partial charge in [0.25, 0.3) is 5.91 Å². The fraction of sp³-hybridized carbons (Fsp3) is 0.0714. The summed E-state index contributed by atoms with van der Waals surface area (Å²) in [6, 6.07) is 9.32. The van der Waals surface area contributed by atoms with Gasteiger partial charge in [-0.15, -0.1) is 0 Å². The van der Waals surface area contributed by atoms with E-state index in [1.165, 1.54) is 25.3 Å². The monoisotopic (exact) mass is 449 g/mol. The van der Waals surface area contributed by atoms with Crippen molar-refractivity contribution in [1.29, 1.82) is 0 Å². The van der Waals surface area contributed by atoms with Crippen molar-refractivity contribution >= 4 is 50.1 Å². The standard InChI is InChI=1S/C14H10BrFINO2/c1-20-13-6-8(15)2-4-10(13)14(19)18-12-5-3-9(16)7-11(12)17/h2-7H,1H3,(H,18,19). The molecule has 0 radical (unpaired) electrons. The summed E-state index contributed by atoms with van der Waals surface area (Å²) >= 11 is 5.29. The summed E-state index contributed by atoms with van der Waals surface area (Å²) in [5.74, 6) is -0.179. The summed E-state index contributed by atoms with van der Waals surface area (Å²) in [5.41, 5.74) is 0.970. The molecule has 1 N–H and O–H groups in total. The van der Waals surface area contributed by atoms with Gasteiger partial charge in [-0.1, -0.05) is 15.9 Å². The Morgan fingerprint density at radius 1 is 1.30 bits per heavy atom. The fourth-order valence-corrected chi connectivity index (χ4v) is 2.59. The third kappa shape index (κ3) is 3.49. The summed E-state index contributed by atoms with van der Waals surface area (Å²) < 4.78 is 19.7. The largest absolute Gasteiger partial charge is 0.496 e. The zero-order valence-corrected chi connectivity index (χ0v) is 14.2. The average Bonchev–Trinajstić information content (AvgIpc) is 2.41. The number of methoxy groups -OCH3 is 1. The molecule has 6 heteroatoms. The van der Waals surface area contributed by atoms with Crippen LogP contribution >= 0.6 is 38.5 Å². The van der Waals surface area contributed by atoms with E-state index in [1.54, 1.807) is 18.2 Å². The highest BCUT2D eigenvalue weighted by Crippen LogP contribution is 2.25. The molecule has 0 unspecified atom stereocenters.